The summed E-state index contributed by atoms with van der Waals surface area (Å²) in [6, 6.07) is 4.80. The van der Waals surface area contributed by atoms with Crippen molar-refractivity contribution in [3.8, 4) is 0 Å². The van der Waals surface area contributed by atoms with E-state index in [1.165, 1.54) is 6.07 Å². The third kappa shape index (κ3) is 3.56. The molecular formula is C12H19FN2O. The van der Waals surface area contributed by atoms with Gasteiger partial charge in [0.15, 0.2) is 0 Å². The lowest BCUT2D eigenvalue weighted by Crippen LogP contribution is -2.32. The molecule has 1 unspecified atom stereocenters. The van der Waals surface area contributed by atoms with Crippen molar-refractivity contribution >= 4 is 0 Å². The van der Waals surface area contributed by atoms with E-state index in [1.807, 2.05) is 19.9 Å². The van der Waals surface area contributed by atoms with Gasteiger partial charge >= 0.3 is 0 Å². The summed E-state index contributed by atoms with van der Waals surface area (Å²) in [5.74, 6) is 5.15. The molecule has 1 aromatic carbocycles. The Balaban J connectivity index is 2.70. The van der Waals surface area contributed by atoms with Crippen LogP contribution in [0.15, 0.2) is 18.2 Å². The van der Waals surface area contributed by atoms with Crippen LogP contribution in [0.5, 0.6) is 0 Å². The fraction of sp³-hybridized carbons (Fsp3) is 0.500. The molecule has 0 aromatic heterocycles. The molecule has 0 aliphatic heterocycles. The normalized spacial score (nSPS) is 12.8. The summed E-state index contributed by atoms with van der Waals surface area (Å²) in [4.78, 5) is 0. The molecule has 4 heteroatoms. The van der Waals surface area contributed by atoms with E-state index >= 15 is 0 Å². The number of hydrazine groups is 1. The average molecular weight is 226 g/mol. The molecule has 3 nitrogen and oxygen atoms in total. The lowest BCUT2D eigenvalue weighted by atomic mass is 10.1. The van der Waals surface area contributed by atoms with Crippen LogP contribution in [0, 0.1) is 12.7 Å². The Morgan fingerprint density at radius 1 is 1.50 bits per heavy atom. The quantitative estimate of drug-likeness (QED) is 0.443. The zero-order valence-corrected chi connectivity index (χ0v) is 9.79. The van der Waals surface area contributed by atoms with Crippen LogP contribution < -0.4 is 11.3 Å². The summed E-state index contributed by atoms with van der Waals surface area (Å²) >= 11 is 0. The van der Waals surface area contributed by atoms with E-state index in [0.717, 1.165) is 12.0 Å². The van der Waals surface area contributed by atoms with Crippen molar-refractivity contribution in [2.45, 2.75) is 26.3 Å². The van der Waals surface area contributed by atoms with Gasteiger partial charge in [0.25, 0.3) is 0 Å². The summed E-state index contributed by atoms with van der Waals surface area (Å²) in [6.07, 6.45) is 0.938. The van der Waals surface area contributed by atoms with E-state index in [2.05, 4.69) is 5.43 Å². The molecule has 1 rings (SSSR count). The smallest absolute Gasteiger partial charge is 0.128 e. The first-order valence-electron chi connectivity index (χ1n) is 5.49. The SMILES string of the molecule is CCCOCC(NN)c1ccc(C)cc1F. The van der Waals surface area contributed by atoms with Crippen LogP contribution >= 0.6 is 0 Å². The van der Waals surface area contributed by atoms with E-state index in [4.69, 9.17) is 10.6 Å². The molecular weight excluding hydrogens is 207 g/mol. The van der Waals surface area contributed by atoms with Gasteiger partial charge in [-0.1, -0.05) is 19.1 Å². The van der Waals surface area contributed by atoms with E-state index in [-0.39, 0.29) is 11.9 Å². The number of benzene rings is 1. The molecule has 0 amide bonds. The van der Waals surface area contributed by atoms with E-state index < -0.39 is 0 Å². The zero-order valence-electron chi connectivity index (χ0n) is 9.79. The predicted octanol–water partition coefficient (Wildman–Crippen LogP) is 2.07. The minimum Gasteiger partial charge on any atom is -0.379 e. The molecule has 0 radical (unpaired) electrons. The molecule has 0 saturated carbocycles. The Bertz CT molecular complexity index is 331. The lowest BCUT2D eigenvalue weighted by molar-refractivity contribution is 0.111. The minimum absolute atomic E-state index is 0.247. The Hall–Kier alpha value is -0.970. The summed E-state index contributed by atoms with van der Waals surface area (Å²) in [6.45, 7) is 4.92. The fourth-order valence-electron chi connectivity index (χ4n) is 1.49. The summed E-state index contributed by atoms with van der Waals surface area (Å²) in [5.41, 5.74) is 4.01. The summed E-state index contributed by atoms with van der Waals surface area (Å²) < 4.78 is 19.0. The van der Waals surface area contributed by atoms with Crippen molar-refractivity contribution in [3.05, 3.63) is 35.1 Å². The van der Waals surface area contributed by atoms with E-state index in [9.17, 15) is 4.39 Å². The third-order valence-electron chi connectivity index (χ3n) is 2.37. The highest BCUT2D eigenvalue weighted by Crippen LogP contribution is 2.18. The fourth-order valence-corrected chi connectivity index (χ4v) is 1.49. The van der Waals surface area contributed by atoms with Gasteiger partial charge in [-0.15, -0.1) is 0 Å². The maximum atomic E-state index is 13.6. The number of hydrogen-bond acceptors (Lipinski definition) is 3. The Labute approximate surface area is 95.8 Å². The van der Waals surface area contributed by atoms with Gasteiger partial charge in [0.1, 0.15) is 5.82 Å². The Kier molecular flexibility index (Phi) is 5.38. The standard InChI is InChI=1S/C12H19FN2O/c1-3-6-16-8-12(15-14)10-5-4-9(2)7-11(10)13/h4-5,7,12,15H,3,6,8,14H2,1-2H3. The van der Waals surface area contributed by atoms with Crippen LogP contribution in [0.1, 0.15) is 30.5 Å². The zero-order chi connectivity index (χ0) is 12.0. The average Bonchev–Trinajstić information content (AvgIpc) is 2.26. The summed E-state index contributed by atoms with van der Waals surface area (Å²) in [5, 5.41) is 0. The molecule has 0 aliphatic rings. The highest BCUT2D eigenvalue weighted by atomic mass is 19.1. The number of halogens is 1. The molecule has 0 aliphatic carbocycles. The molecule has 0 bridgehead atoms. The number of nitrogens with two attached hydrogens (primary N) is 1. The number of ether oxygens (including phenoxy) is 1. The molecule has 0 spiro atoms. The molecule has 1 atom stereocenters. The monoisotopic (exact) mass is 226 g/mol. The maximum Gasteiger partial charge on any atom is 0.128 e. The van der Waals surface area contributed by atoms with Crippen LogP contribution in [-0.4, -0.2) is 13.2 Å². The molecule has 1 aromatic rings. The van der Waals surface area contributed by atoms with Gasteiger partial charge < -0.3 is 4.74 Å². The lowest BCUT2D eigenvalue weighted by Gasteiger charge is -2.17. The maximum absolute atomic E-state index is 13.6. The van der Waals surface area contributed by atoms with Crippen LogP contribution in [-0.2, 0) is 4.74 Å². The number of aryl methyl sites for hydroxylation is 1. The highest BCUT2D eigenvalue weighted by Gasteiger charge is 2.14. The van der Waals surface area contributed by atoms with Crippen molar-refractivity contribution < 1.29 is 9.13 Å². The first-order chi connectivity index (χ1) is 7.69. The van der Waals surface area contributed by atoms with Crippen LogP contribution in [0.2, 0.25) is 0 Å². The molecule has 16 heavy (non-hydrogen) atoms. The van der Waals surface area contributed by atoms with Crippen LogP contribution in [0.4, 0.5) is 4.39 Å². The number of rotatable bonds is 6. The van der Waals surface area contributed by atoms with Gasteiger partial charge in [-0.2, -0.15) is 0 Å². The van der Waals surface area contributed by atoms with Gasteiger partial charge in [0, 0.05) is 12.2 Å². The second kappa shape index (κ2) is 6.58. The predicted molar refractivity (Wildman–Crippen MR) is 62.3 cm³/mol. The highest BCUT2D eigenvalue weighted by molar-refractivity contribution is 5.26. The molecule has 3 N–H and O–H groups in total. The summed E-state index contributed by atoms with van der Waals surface area (Å²) in [7, 11) is 0. The van der Waals surface area contributed by atoms with E-state index in [0.29, 0.717) is 18.8 Å². The van der Waals surface area contributed by atoms with E-state index in [1.54, 1.807) is 6.07 Å². The first kappa shape index (κ1) is 13.1. The van der Waals surface area contributed by atoms with Crippen molar-refractivity contribution in [3.63, 3.8) is 0 Å². The van der Waals surface area contributed by atoms with Crippen molar-refractivity contribution in [2.24, 2.45) is 5.84 Å². The van der Waals surface area contributed by atoms with Gasteiger partial charge in [-0.3, -0.25) is 11.3 Å². The second-order valence-corrected chi connectivity index (χ2v) is 3.82. The Morgan fingerprint density at radius 2 is 2.25 bits per heavy atom. The van der Waals surface area contributed by atoms with Gasteiger partial charge in [-0.05, 0) is 25.0 Å². The van der Waals surface area contributed by atoms with Gasteiger partial charge in [-0.25, -0.2) is 4.39 Å². The van der Waals surface area contributed by atoms with Crippen LogP contribution in [0.25, 0.3) is 0 Å². The number of hydrogen-bond donors (Lipinski definition) is 2. The van der Waals surface area contributed by atoms with Crippen LogP contribution in [0.3, 0.4) is 0 Å². The van der Waals surface area contributed by atoms with Crippen molar-refractivity contribution in [2.75, 3.05) is 13.2 Å². The Morgan fingerprint density at radius 3 is 2.81 bits per heavy atom. The third-order valence-corrected chi connectivity index (χ3v) is 2.37. The topological polar surface area (TPSA) is 47.3 Å². The van der Waals surface area contributed by atoms with Crippen molar-refractivity contribution in [1.29, 1.82) is 0 Å². The van der Waals surface area contributed by atoms with Gasteiger partial charge in [0.05, 0.1) is 12.6 Å². The molecule has 0 heterocycles. The first-order valence-corrected chi connectivity index (χ1v) is 5.49. The largest absolute Gasteiger partial charge is 0.379 e. The molecule has 0 saturated heterocycles. The second-order valence-electron chi connectivity index (χ2n) is 3.82. The number of nitrogens with one attached hydrogen (secondary N) is 1. The minimum atomic E-state index is -0.299. The molecule has 90 valence electrons. The van der Waals surface area contributed by atoms with Gasteiger partial charge in [0.2, 0.25) is 0 Å². The van der Waals surface area contributed by atoms with Crippen molar-refractivity contribution in [1.82, 2.24) is 5.43 Å². The molecule has 0 fully saturated rings.